The third-order valence-corrected chi connectivity index (χ3v) is 4.95. The smallest absolute Gasteiger partial charge is 0.326 e. The summed E-state index contributed by atoms with van der Waals surface area (Å²) in [6, 6.07) is 7.24. The molecule has 0 saturated heterocycles. The fourth-order valence-electron chi connectivity index (χ4n) is 3.43. The van der Waals surface area contributed by atoms with Crippen molar-refractivity contribution >= 4 is 11.9 Å². The Morgan fingerprint density at radius 3 is 2.50 bits per heavy atom. The molecule has 6 nitrogen and oxygen atoms in total. The van der Waals surface area contributed by atoms with Gasteiger partial charge in [0.1, 0.15) is 6.04 Å². The van der Waals surface area contributed by atoms with E-state index in [0.717, 1.165) is 42.6 Å². The highest BCUT2D eigenvalue weighted by atomic mass is 16.4. The molecule has 0 fully saturated rings. The summed E-state index contributed by atoms with van der Waals surface area (Å²) in [4.78, 5) is 24.1. The van der Waals surface area contributed by atoms with Gasteiger partial charge in [-0.05, 0) is 49.3 Å². The van der Waals surface area contributed by atoms with E-state index >= 15 is 0 Å². The Bertz CT molecular complexity index is 822. The lowest BCUT2D eigenvalue weighted by molar-refractivity contribution is -0.140. The number of nitrogens with one attached hydrogen (secondary N) is 1. The van der Waals surface area contributed by atoms with Crippen molar-refractivity contribution < 1.29 is 14.7 Å². The maximum atomic E-state index is 12.7. The van der Waals surface area contributed by atoms with Gasteiger partial charge in [-0.2, -0.15) is 5.10 Å². The zero-order chi connectivity index (χ0) is 18.8. The summed E-state index contributed by atoms with van der Waals surface area (Å²) in [5.74, 6) is -1.64. The summed E-state index contributed by atoms with van der Waals surface area (Å²) in [7, 11) is 0. The summed E-state index contributed by atoms with van der Waals surface area (Å²) in [6.45, 7) is 5.66. The zero-order valence-electron chi connectivity index (χ0n) is 15.5. The van der Waals surface area contributed by atoms with Gasteiger partial charge in [-0.25, -0.2) is 9.48 Å². The third-order valence-electron chi connectivity index (χ3n) is 4.95. The Labute approximate surface area is 153 Å². The van der Waals surface area contributed by atoms with Gasteiger partial charge in [-0.1, -0.05) is 32.9 Å². The molecule has 2 aromatic rings. The number of carbonyl (C=O) groups excluding carboxylic acids is 1. The van der Waals surface area contributed by atoms with Gasteiger partial charge in [0, 0.05) is 11.3 Å². The number of aliphatic carboxylic acids is 1. The van der Waals surface area contributed by atoms with Gasteiger partial charge < -0.3 is 10.4 Å². The molecule has 1 atom stereocenters. The van der Waals surface area contributed by atoms with Gasteiger partial charge in [0.25, 0.3) is 5.91 Å². The summed E-state index contributed by atoms with van der Waals surface area (Å²) < 4.78 is 1.84. The van der Waals surface area contributed by atoms with Crippen molar-refractivity contribution in [3.63, 3.8) is 0 Å². The number of benzene rings is 1. The molecule has 6 heteroatoms. The van der Waals surface area contributed by atoms with Gasteiger partial charge >= 0.3 is 5.97 Å². The van der Waals surface area contributed by atoms with Crippen LogP contribution in [0.1, 0.15) is 54.5 Å². The van der Waals surface area contributed by atoms with Gasteiger partial charge in [-0.3, -0.25) is 4.79 Å². The number of aromatic nitrogens is 2. The summed E-state index contributed by atoms with van der Waals surface area (Å²) in [5, 5.41) is 16.5. The lowest BCUT2D eigenvalue weighted by atomic mass is 10.0. The SMILES string of the molecule is CCc1ccc(-n2nc(C(=O)N[C@H](C(=O)O)C(C)C)c3c2CCC3)cc1. The minimum absolute atomic E-state index is 0.201. The number of carbonyl (C=O) groups is 2. The van der Waals surface area contributed by atoms with E-state index in [4.69, 9.17) is 0 Å². The van der Waals surface area contributed by atoms with E-state index in [1.54, 1.807) is 13.8 Å². The number of hydrogen-bond donors (Lipinski definition) is 2. The Hall–Kier alpha value is -2.63. The van der Waals surface area contributed by atoms with E-state index in [0.29, 0.717) is 5.69 Å². The van der Waals surface area contributed by atoms with Crippen LogP contribution in [0.25, 0.3) is 5.69 Å². The molecule has 1 aromatic carbocycles. The minimum atomic E-state index is -1.03. The molecule has 0 bridgehead atoms. The molecule has 1 heterocycles. The van der Waals surface area contributed by atoms with Crippen molar-refractivity contribution in [3.05, 3.63) is 46.8 Å². The van der Waals surface area contributed by atoms with Gasteiger partial charge in [0.2, 0.25) is 0 Å². The lowest BCUT2D eigenvalue weighted by Gasteiger charge is -2.17. The monoisotopic (exact) mass is 355 g/mol. The zero-order valence-corrected chi connectivity index (χ0v) is 15.5. The van der Waals surface area contributed by atoms with Crippen LogP contribution < -0.4 is 5.32 Å². The second kappa shape index (κ2) is 7.32. The number of amides is 1. The van der Waals surface area contributed by atoms with E-state index in [1.807, 2.05) is 16.8 Å². The molecule has 0 spiro atoms. The highest BCUT2D eigenvalue weighted by Crippen LogP contribution is 2.28. The number of carboxylic acids is 1. The number of aryl methyl sites for hydroxylation is 1. The average Bonchev–Trinajstić information content (AvgIpc) is 3.21. The van der Waals surface area contributed by atoms with E-state index in [2.05, 4.69) is 29.5 Å². The first kappa shape index (κ1) is 18.2. The van der Waals surface area contributed by atoms with Crippen LogP contribution in [-0.4, -0.2) is 32.8 Å². The normalized spacial score (nSPS) is 14.3. The quantitative estimate of drug-likeness (QED) is 0.834. The largest absolute Gasteiger partial charge is 0.480 e. The molecule has 0 unspecified atom stereocenters. The molecule has 1 aliphatic carbocycles. The van der Waals surface area contributed by atoms with Gasteiger partial charge in [0.15, 0.2) is 5.69 Å². The van der Waals surface area contributed by atoms with Crippen LogP contribution in [0.5, 0.6) is 0 Å². The van der Waals surface area contributed by atoms with Crippen LogP contribution in [0, 0.1) is 5.92 Å². The molecule has 0 aliphatic heterocycles. The van der Waals surface area contributed by atoms with Crippen molar-refractivity contribution in [2.24, 2.45) is 5.92 Å². The number of fused-ring (bicyclic) bond motifs is 1. The predicted molar refractivity (Wildman–Crippen MR) is 98.7 cm³/mol. The molecule has 2 N–H and O–H groups in total. The van der Waals surface area contributed by atoms with Crippen LogP contribution in [0.4, 0.5) is 0 Å². The highest BCUT2D eigenvalue weighted by molar-refractivity contribution is 5.96. The van der Waals surface area contributed by atoms with Gasteiger partial charge in [0.05, 0.1) is 5.69 Å². The molecular weight excluding hydrogens is 330 g/mol. The van der Waals surface area contributed by atoms with E-state index in [1.165, 1.54) is 5.56 Å². The highest BCUT2D eigenvalue weighted by Gasteiger charge is 2.30. The van der Waals surface area contributed by atoms with Crippen molar-refractivity contribution in [2.75, 3.05) is 0 Å². The maximum Gasteiger partial charge on any atom is 0.326 e. The fourth-order valence-corrected chi connectivity index (χ4v) is 3.43. The van der Waals surface area contributed by atoms with Crippen molar-refractivity contribution in [2.45, 2.75) is 52.5 Å². The van der Waals surface area contributed by atoms with E-state index < -0.39 is 17.9 Å². The molecular formula is C20H25N3O3. The average molecular weight is 355 g/mol. The number of hydrogen-bond acceptors (Lipinski definition) is 3. The lowest BCUT2D eigenvalue weighted by Crippen LogP contribution is -2.44. The fraction of sp³-hybridized carbons (Fsp3) is 0.450. The second-order valence-corrected chi connectivity index (χ2v) is 7.09. The Morgan fingerprint density at radius 2 is 1.92 bits per heavy atom. The Balaban J connectivity index is 1.94. The summed E-state index contributed by atoms with van der Waals surface area (Å²) in [6.07, 6.45) is 3.62. The van der Waals surface area contributed by atoms with Crippen LogP contribution >= 0.6 is 0 Å². The Kier molecular flexibility index (Phi) is 5.11. The van der Waals surface area contributed by atoms with Crippen molar-refractivity contribution in [1.29, 1.82) is 0 Å². The maximum absolute atomic E-state index is 12.7. The summed E-state index contributed by atoms with van der Waals surface area (Å²) >= 11 is 0. The molecule has 3 rings (SSSR count). The predicted octanol–water partition coefficient (Wildman–Crippen LogP) is 2.76. The summed E-state index contributed by atoms with van der Waals surface area (Å²) in [5.41, 5.74) is 4.52. The second-order valence-electron chi connectivity index (χ2n) is 7.09. The topological polar surface area (TPSA) is 84.2 Å². The molecule has 1 aliphatic rings. The first-order chi connectivity index (χ1) is 12.4. The first-order valence-electron chi connectivity index (χ1n) is 9.16. The Morgan fingerprint density at radius 1 is 1.23 bits per heavy atom. The first-order valence-corrected chi connectivity index (χ1v) is 9.16. The van der Waals surface area contributed by atoms with Crippen LogP contribution in [-0.2, 0) is 24.1 Å². The van der Waals surface area contributed by atoms with Crippen LogP contribution in [0.15, 0.2) is 24.3 Å². The molecule has 0 saturated carbocycles. The molecule has 0 radical (unpaired) electrons. The number of carboxylic acid groups (broad SMARTS) is 1. The molecule has 138 valence electrons. The van der Waals surface area contributed by atoms with Gasteiger partial charge in [-0.15, -0.1) is 0 Å². The number of nitrogens with zero attached hydrogens (tertiary/aromatic N) is 2. The van der Waals surface area contributed by atoms with E-state index in [9.17, 15) is 14.7 Å². The third kappa shape index (κ3) is 3.36. The van der Waals surface area contributed by atoms with Crippen molar-refractivity contribution in [1.82, 2.24) is 15.1 Å². The molecule has 1 aromatic heterocycles. The standard InChI is InChI=1S/C20H25N3O3/c1-4-13-8-10-14(11-9-13)23-16-7-5-6-15(16)18(22-23)19(24)21-17(12(2)3)20(25)26/h8-12,17H,4-7H2,1-3H3,(H,21,24)(H,25,26)/t17-/m0/s1. The molecule has 26 heavy (non-hydrogen) atoms. The minimum Gasteiger partial charge on any atom is -0.480 e. The van der Waals surface area contributed by atoms with Crippen LogP contribution in [0.3, 0.4) is 0 Å². The van der Waals surface area contributed by atoms with E-state index in [-0.39, 0.29) is 5.92 Å². The van der Waals surface area contributed by atoms with Crippen molar-refractivity contribution in [3.8, 4) is 5.69 Å². The molecule has 1 amide bonds. The van der Waals surface area contributed by atoms with Crippen LogP contribution in [0.2, 0.25) is 0 Å². The number of rotatable bonds is 6.